The number of hydrogen-bond acceptors (Lipinski definition) is 2. The van der Waals surface area contributed by atoms with Gasteiger partial charge in [-0.25, -0.2) is 0 Å². The van der Waals surface area contributed by atoms with E-state index in [1.165, 1.54) is 5.56 Å². The molecule has 2 nitrogen and oxygen atoms in total. The van der Waals surface area contributed by atoms with E-state index in [-0.39, 0.29) is 6.04 Å². The normalized spacial score (nSPS) is 12.2. The minimum atomic E-state index is 0.260. The number of hydrogen-bond donors (Lipinski definition) is 1. The van der Waals surface area contributed by atoms with Crippen LogP contribution in [0.25, 0.3) is 0 Å². The van der Waals surface area contributed by atoms with Gasteiger partial charge >= 0.3 is 0 Å². The van der Waals surface area contributed by atoms with Gasteiger partial charge in [-0.1, -0.05) is 28.1 Å². The highest BCUT2D eigenvalue weighted by Crippen LogP contribution is 2.22. The van der Waals surface area contributed by atoms with Crippen LogP contribution in [0.3, 0.4) is 0 Å². The Bertz CT molecular complexity index is 511. The summed E-state index contributed by atoms with van der Waals surface area (Å²) in [4.78, 5) is 4.27. The van der Waals surface area contributed by atoms with Crippen LogP contribution in [-0.4, -0.2) is 4.98 Å². The Balaban J connectivity index is 2.17. The molecule has 17 heavy (non-hydrogen) atoms. The summed E-state index contributed by atoms with van der Waals surface area (Å²) in [7, 11) is 0. The van der Waals surface area contributed by atoms with Gasteiger partial charge in [0.1, 0.15) is 0 Å². The quantitative estimate of drug-likeness (QED) is 0.910. The maximum atomic E-state index is 4.27. The van der Waals surface area contributed by atoms with E-state index in [1.54, 1.807) is 0 Å². The van der Waals surface area contributed by atoms with E-state index in [0.29, 0.717) is 0 Å². The lowest BCUT2D eigenvalue weighted by molar-refractivity contribution is 0.878. The highest BCUT2D eigenvalue weighted by Gasteiger charge is 2.07. The van der Waals surface area contributed by atoms with E-state index in [4.69, 9.17) is 0 Å². The SMILES string of the molecule is Cc1ncccc1NC(C)c1cccc(Br)c1. The average Bonchev–Trinajstić information content (AvgIpc) is 2.32. The molecule has 0 aliphatic heterocycles. The number of nitrogens with zero attached hydrogens (tertiary/aromatic N) is 1. The molecular weight excluding hydrogens is 276 g/mol. The second-order valence-corrected chi connectivity index (χ2v) is 4.97. The fraction of sp³-hybridized carbons (Fsp3) is 0.214. The average molecular weight is 291 g/mol. The highest BCUT2D eigenvalue weighted by atomic mass is 79.9. The van der Waals surface area contributed by atoms with Crippen molar-refractivity contribution in [3.8, 4) is 0 Å². The summed E-state index contributed by atoms with van der Waals surface area (Å²) < 4.78 is 1.10. The Morgan fingerprint density at radius 3 is 2.76 bits per heavy atom. The monoisotopic (exact) mass is 290 g/mol. The first-order chi connectivity index (χ1) is 8.16. The molecule has 0 aliphatic rings. The van der Waals surface area contributed by atoms with E-state index >= 15 is 0 Å². The third-order valence-corrected chi connectivity index (χ3v) is 3.22. The Morgan fingerprint density at radius 2 is 2.06 bits per heavy atom. The predicted octanol–water partition coefficient (Wildman–Crippen LogP) is 4.33. The molecule has 0 fully saturated rings. The third-order valence-electron chi connectivity index (χ3n) is 2.73. The van der Waals surface area contributed by atoms with E-state index < -0.39 is 0 Å². The van der Waals surface area contributed by atoms with Crippen molar-refractivity contribution in [2.75, 3.05) is 5.32 Å². The zero-order valence-electron chi connectivity index (χ0n) is 9.94. The van der Waals surface area contributed by atoms with Crippen molar-refractivity contribution in [3.05, 3.63) is 58.3 Å². The first kappa shape index (κ1) is 12.1. The van der Waals surface area contributed by atoms with Crippen LogP contribution < -0.4 is 5.32 Å². The lowest BCUT2D eigenvalue weighted by atomic mass is 10.1. The first-order valence-electron chi connectivity index (χ1n) is 5.60. The number of benzene rings is 1. The zero-order chi connectivity index (χ0) is 12.3. The maximum absolute atomic E-state index is 4.27. The number of aryl methyl sites for hydroxylation is 1. The van der Waals surface area contributed by atoms with Gasteiger partial charge < -0.3 is 5.32 Å². The Kier molecular flexibility index (Phi) is 3.79. The van der Waals surface area contributed by atoms with Gasteiger partial charge in [0.25, 0.3) is 0 Å². The van der Waals surface area contributed by atoms with E-state index in [9.17, 15) is 0 Å². The second-order valence-electron chi connectivity index (χ2n) is 4.06. The molecule has 0 radical (unpaired) electrons. The fourth-order valence-corrected chi connectivity index (χ4v) is 2.15. The van der Waals surface area contributed by atoms with Gasteiger partial charge in [-0.15, -0.1) is 0 Å². The van der Waals surface area contributed by atoms with Crippen molar-refractivity contribution in [2.45, 2.75) is 19.9 Å². The highest BCUT2D eigenvalue weighted by molar-refractivity contribution is 9.10. The molecular formula is C14H15BrN2. The Hall–Kier alpha value is -1.35. The smallest absolute Gasteiger partial charge is 0.0603 e. The van der Waals surface area contributed by atoms with Crippen molar-refractivity contribution in [2.24, 2.45) is 0 Å². The summed E-state index contributed by atoms with van der Waals surface area (Å²) in [5, 5.41) is 3.47. The van der Waals surface area contributed by atoms with Gasteiger partial charge in [-0.2, -0.15) is 0 Å². The predicted molar refractivity (Wildman–Crippen MR) is 75.2 cm³/mol. The van der Waals surface area contributed by atoms with Crippen LogP contribution in [0.2, 0.25) is 0 Å². The van der Waals surface area contributed by atoms with Crippen LogP contribution in [0, 0.1) is 6.92 Å². The van der Waals surface area contributed by atoms with Crippen LogP contribution in [0.5, 0.6) is 0 Å². The molecule has 3 heteroatoms. The molecule has 1 aromatic heterocycles. The van der Waals surface area contributed by atoms with Gasteiger partial charge in [-0.05, 0) is 43.7 Å². The van der Waals surface area contributed by atoms with Gasteiger partial charge in [0.15, 0.2) is 0 Å². The third kappa shape index (κ3) is 3.07. The topological polar surface area (TPSA) is 24.9 Å². The molecule has 0 amide bonds. The standard InChI is InChI=1S/C14H15BrN2/c1-10(12-5-3-6-13(15)9-12)17-14-7-4-8-16-11(14)2/h3-10,17H,1-2H3. The summed E-state index contributed by atoms with van der Waals surface area (Å²) in [6, 6.07) is 12.6. The molecule has 2 aromatic rings. The second kappa shape index (κ2) is 5.32. The molecule has 0 aliphatic carbocycles. The molecule has 0 saturated heterocycles. The van der Waals surface area contributed by atoms with E-state index in [2.05, 4.69) is 51.4 Å². The molecule has 1 unspecified atom stereocenters. The van der Waals surface area contributed by atoms with Crippen molar-refractivity contribution in [3.63, 3.8) is 0 Å². The Morgan fingerprint density at radius 1 is 1.24 bits per heavy atom. The van der Waals surface area contributed by atoms with Crippen molar-refractivity contribution in [1.29, 1.82) is 0 Å². The molecule has 88 valence electrons. The number of rotatable bonds is 3. The van der Waals surface area contributed by atoms with Gasteiger partial charge in [-0.3, -0.25) is 4.98 Å². The Labute approximate surface area is 110 Å². The summed E-state index contributed by atoms with van der Waals surface area (Å²) in [5.74, 6) is 0. The van der Waals surface area contributed by atoms with E-state index in [0.717, 1.165) is 15.9 Å². The number of pyridine rings is 1. The summed E-state index contributed by atoms with van der Waals surface area (Å²) in [5.41, 5.74) is 3.36. The molecule has 0 bridgehead atoms. The summed E-state index contributed by atoms with van der Waals surface area (Å²) in [6.07, 6.45) is 1.81. The van der Waals surface area contributed by atoms with Crippen LogP contribution in [0.15, 0.2) is 47.1 Å². The van der Waals surface area contributed by atoms with Crippen molar-refractivity contribution < 1.29 is 0 Å². The van der Waals surface area contributed by atoms with Crippen LogP contribution in [0.1, 0.15) is 24.2 Å². The van der Waals surface area contributed by atoms with Gasteiger partial charge in [0, 0.05) is 16.7 Å². The minimum Gasteiger partial charge on any atom is -0.377 e. The van der Waals surface area contributed by atoms with Crippen LogP contribution in [-0.2, 0) is 0 Å². The van der Waals surface area contributed by atoms with Gasteiger partial charge in [0.2, 0.25) is 0 Å². The molecule has 1 heterocycles. The molecule has 1 atom stereocenters. The number of anilines is 1. The fourth-order valence-electron chi connectivity index (χ4n) is 1.73. The van der Waals surface area contributed by atoms with Gasteiger partial charge in [0.05, 0.1) is 11.4 Å². The summed E-state index contributed by atoms with van der Waals surface area (Å²) >= 11 is 3.49. The maximum Gasteiger partial charge on any atom is 0.0603 e. The lowest BCUT2D eigenvalue weighted by Gasteiger charge is -2.17. The first-order valence-corrected chi connectivity index (χ1v) is 6.40. The molecule has 1 N–H and O–H groups in total. The zero-order valence-corrected chi connectivity index (χ0v) is 11.5. The largest absolute Gasteiger partial charge is 0.377 e. The number of nitrogens with one attached hydrogen (secondary N) is 1. The summed E-state index contributed by atoms with van der Waals surface area (Å²) in [6.45, 7) is 4.16. The van der Waals surface area contributed by atoms with Crippen molar-refractivity contribution in [1.82, 2.24) is 4.98 Å². The molecule has 0 spiro atoms. The molecule has 2 rings (SSSR count). The molecule has 1 aromatic carbocycles. The minimum absolute atomic E-state index is 0.260. The number of aromatic nitrogens is 1. The van der Waals surface area contributed by atoms with Crippen LogP contribution in [0.4, 0.5) is 5.69 Å². The number of halogens is 1. The lowest BCUT2D eigenvalue weighted by Crippen LogP contribution is -2.08. The van der Waals surface area contributed by atoms with Crippen molar-refractivity contribution >= 4 is 21.6 Å². The van der Waals surface area contributed by atoms with E-state index in [1.807, 2.05) is 31.3 Å². The molecule has 0 saturated carbocycles. The van der Waals surface area contributed by atoms with Crippen LogP contribution >= 0.6 is 15.9 Å².